The lowest BCUT2D eigenvalue weighted by Gasteiger charge is -2.22. The van der Waals surface area contributed by atoms with Gasteiger partial charge in [0.15, 0.2) is 0 Å². The van der Waals surface area contributed by atoms with E-state index in [0.717, 1.165) is 0 Å². The summed E-state index contributed by atoms with van der Waals surface area (Å²) in [5, 5.41) is 2.33. The molecule has 0 bridgehead atoms. The maximum absolute atomic E-state index is 11.8. The minimum absolute atomic E-state index is 0.0804. The van der Waals surface area contributed by atoms with Crippen molar-refractivity contribution in [2.75, 3.05) is 13.2 Å². The predicted molar refractivity (Wildman–Crippen MR) is 68.9 cm³/mol. The molecule has 0 aromatic rings. The quantitative estimate of drug-likeness (QED) is 0.571. The van der Waals surface area contributed by atoms with E-state index in [-0.39, 0.29) is 25.6 Å². The summed E-state index contributed by atoms with van der Waals surface area (Å²) in [5.74, 6) is -1.30. The molecule has 7 heteroatoms. The van der Waals surface area contributed by atoms with E-state index in [0.29, 0.717) is 0 Å². The van der Waals surface area contributed by atoms with Gasteiger partial charge in [0.25, 0.3) is 0 Å². The number of alkyl carbamates (subject to hydrolysis) is 1. The number of hydrogen-bond donors (Lipinski definition) is 1. The fourth-order valence-electron chi connectivity index (χ4n) is 1.48. The summed E-state index contributed by atoms with van der Waals surface area (Å²) in [7, 11) is 0. The normalized spacial score (nSPS) is 24.6. The second kappa shape index (κ2) is 6.58. The van der Waals surface area contributed by atoms with Crippen molar-refractivity contribution in [3.8, 4) is 0 Å². The highest BCUT2D eigenvalue weighted by Crippen LogP contribution is 2.10. The molecular formula is C13H21NO6. The largest absolute Gasteiger partial charge is 0.465 e. The number of esters is 2. The number of ether oxygens (including phenoxy) is 3. The molecule has 2 unspecified atom stereocenters. The van der Waals surface area contributed by atoms with Crippen molar-refractivity contribution in [1.82, 2.24) is 5.32 Å². The molecule has 0 aromatic carbocycles. The number of amides is 1. The van der Waals surface area contributed by atoms with Gasteiger partial charge in [-0.15, -0.1) is 0 Å². The molecule has 2 atom stereocenters. The van der Waals surface area contributed by atoms with Gasteiger partial charge in [0.05, 0.1) is 19.6 Å². The van der Waals surface area contributed by atoms with Crippen LogP contribution in [0.3, 0.4) is 0 Å². The van der Waals surface area contributed by atoms with E-state index in [4.69, 9.17) is 14.2 Å². The summed E-state index contributed by atoms with van der Waals surface area (Å²) in [4.78, 5) is 35.0. The van der Waals surface area contributed by atoms with Gasteiger partial charge in [0, 0.05) is 5.92 Å². The summed E-state index contributed by atoms with van der Waals surface area (Å²) < 4.78 is 15.0. The molecule has 1 rings (SSSR count). The molecule has 1 fully saturated rings. The fourth-order valence-corrected chi connectivity index (χ4v) is 1.48. The highest BCUT2D eigenvalue weighted by atomic mass is 16.6. The van der Waals surface area contributed by atoms with Gasteiger partial charge in [-0.25, -0.2) is 9.59 Å². The highest BCUT2D eigenvalue weighted by molar-refractivity contribution is 5.86. The Hall–Kier alpha value is -1.79. The van der Waals surface area contributed by atoms with Gasteiger partial charge >= 0.3 is 18.0 Å². The first-order valence-electron chi connectivity index (χ1n) is 6.49. The Bertz CT molecular complexity index is 387. The molecule has 1 aliphatic heterocycles. The predicted octanol–water partition coefficient (Wildman–Crippen LogP) is 1.01. The number of carbonyl (C=O) groups excluding carboxylic acids is 3. The van der Waals surface area contributed by atoms with E-state index < -0.39 is 29.7 Å². The third-order valence-electron chi connectivity index (χ3n) is 2.39. The second-order valence-electron chi connectivity index (χ2n) is 5.82. The maximum atomic E-state index is 11.8. The van der Waals surface area contributed by atoms with Gasteiger partial charge in [-0.2, -0.15) is 0 Å². The first-order chi connectivity index (χ1) is 9.17. The van der Waals surface area contributed by atoms with E-state index in [1.165, 1.54) is 0 Å². The number of rotatable bonds is 1. The van der Waals surface area contributed by atoms with Gasteiger partial charge in [0.1, 0.15) is 11.6 Å². The van der Waals surface area contributed by atoms with Crippen molar-refractivity contribution in [2.24, 2.45) is 5.92 Å². The third kappa shape index (κ3) is 5.90. The molecule has 0 aliphatic carbocycles. The van der Waals surface area contributed by atoms with E-state index >= 15 is 0 Å². The van der Waals surface area contributed by atoms with Crippen LogP contribution in [0.4, 0.5) is 4.79 Å². The topological polar surface area (TPSA) is 90.9 Å². The molecule has 114 valence electrons. The molecule has 0 spiro atoms. The van der Waals surface area contributed by atoms with Crippen molar-refractivity contribution in [3.63, 3.8) is 0 Å². The highest BCUT2D eigenvalue weighted by Gasteiger charge is 2.30. The Morgan fingerprint density at radius 2 is 1.85 bits per heavy atom. The lowest BCUT2D eigenvalue weighted by atomic mass is 10.2. The first kappa shape index (κ1) is 16.3. The SMILES string of the molecule is CC1COC(=O)CC(NC(=O)OC(C)(C)C)C(=O)OC1. The molecule has 1 heterocycles. The average Bonchev–Trinajstić information content (AvgIpc) is 2.34. The van der Waals surface area contributed by atoms with Gasteiger partial charge in [-0.05, 0) is 20.8 Å². The standard InChI is InChI=1S/C13H21NO6/c1-8-6-18-10(15)5-9(11(16)19-7-8)14-12(17)20-13(2,3)4/h8-9H,5-7H2,1-4H3,(H,14,17). The molecular weight excluding hydrogens is 266 g/mol. The van der Waals surface area contributed by atoms with Crippen LogP contribution >= 0.6 is 0 Å². The van der Waals surface area contributed by atoms with Crippen molar-refractivity contribution in [3.05, 3.63) is 0 Å². The summed E-state index contributed by atoms with van der Waals surface area (Å²) in [5.41, 5.74) is -0.693. The lowest BCUT2D eigenvalue weighted by Crippen LogP contribution is -2.45. The number of hydrogen-bond acceptors (Lipinski definition) is 6. The number of carbonyl (C=O) groups is 3. The van der Waals surface area contributed by atoms with Crippen LogP contribution < -0.4 is 5.32 Å². The first-order valence-corrected chi connectivity index (χ1v) is 6.49. The average molecular weight is 287 g/mol. The van der Waals surface area contributed by atoms with Crippen molar-refractivity contribution in [1.29, 1.82) is 0 Å². The fraction of sp³-hybridized carbons (Fsp3) is 0.769. The van der Waals surface area contributed by atoms with Crippen LogP contribution in [0.5, 0.6) is 0 Å². The molecule has 1 saturated heterocycles. The van der Waals surface area contributed by atoms with E-state index in [2.05, 4.69) is 5.32 Å². The molecule has 1 amide bonds. The lowest BCUT2D eigenvalue weighted by molar-refractivity contribution is -0.149. The second-order valence-corrected chi connectivity index (χ2v) is 5.82. The molecule has 0 aromatic heterocycles. The van der Waals surface area contributed by atoms with Crippen molar-refractivity contribution in [2.45, 2.75) is 45.8 Å². The maximum Gasteiger partial charge on any atom is 0.408 e. The van der Waals surface area contributed by atoms with Gasteiger partial charge in [0.2, 0.25) is 0 Å². The molecule has 1 N–H and O–H groups in total. The Balaban J connectivity index is 2.67. The van der Waals surface area contributed by atoms with E-state index in [1.807, 2.05) is 0 Å². The zero-order chi connectivity index (χ0) is 15.3. The number of nitrogens with one attached hydrogen (secondary N) is 1. The minimum Gasteiger partial charge on any atom is -0.465 e. The zero-order valence-corrected chi connectivity index (χ0v) is 12.2. The van der Waals surface area contributed by atoms with Crippen LogP contribution in [0.25, 0.3) is 0 Å². The van der Waals surface area contributed by atoms with Gasteiger partial charge in [-0.1, -0.05) is 6.92 Å². The van der Waals surface area contributed by atoms with Crippen LogP contribution in [-0.2, 0) is 23.8 Å². The zero-order valence-electron chi connectivity index (χ0n) is 12.2. The van der Waals surface area contributed by atoms with Crippen LogP contribution in [0.2, 0.25) is 0 Å². The van der Waals surface area contributed by atoms with Crippen LogP contribution in [0.1, 0.15) is 34.1 Å². The van der Waals surface area contributed by atoms with Crippen LogP contribution in [0.15, 0.2) is 0 Å². The summed E-state index contributed by atoms with van der Waals surface area (Å²) in [6, 6.07) is -1.09. The van der Waals surface area contributed by atoms with Crippen molar-refractivity contribution >= 4 is 18.0 Å². The smallest absolute Gasteiger partial charge is 0.408 e. The van der Waals surface area contributed by atoms with Gasteiger partial charge in [-0.3, -0.25) is 4.79 Å². The van der Waals surface area contributed by atoms with Crippen molar-refractivity contribution < 1.29 is 28.6 Å². The van der Waals surface area contributed by atoms with Gasteiger partial charge < -0.3 is 19.5 Å². The van der Waals surface area contributed by atoms with Crippen LogP contribution in [0, 0.1) is 5.92 Å². The van der Waals surface area contributed by atoms with E-state index in [1.54, 1.807) is 27.7 Å². The molecule has 20 heavy (non-hydrogen) atoms. The summed E-state index contributed by atoms with van der Waals surface area (Å²) >= 11 is 0. The summed E-state index contributed by atoms with van der Waals surface area (Å²) in [6.45, 7) is 7.21. The minimum atomic E-state index is -1.09. The molecule has 7 nitrogen and oxygen atoms in total. The molecule has 0 saturated carbocycles. The Kier molecular flexibility index (Phi) is 5.35. The molecule has 1 aliphatic rings. The summed E-state index contributed by atoms with van der Waals surface area (Å²) in [6.07, 6.45) is -1.05. The van der Waals surface area contributed by atoms with E-state index in [9.17, 15) is 14.4 Å². The van der Waals surface area contributed by atoms with Crippen LogP contribution in [-0.4, -0.2) is 42.9 Å². The third-order valence-corrected chi connectivity index (χ3v) is 2.39. The molecule has 0 radical (unpaired) electrons. The Morgan fingerprint density at radius 1 is 1.25 bits per heavy atom. The monoisotopic (exact) mass is 287 g/mol. The Morgan fingerprint density at radius 3 is 2.45 bits per heavy atom. The number of cyclic esters (lactones) is 2. The Labute approximate surface area is 117 Å².